The molecule has 2 aromatic rings. The lowest BCUT2D eigenvalue weighted by molar-refractivity contribution is 0.398. The molecule has 4 heteroatoms. The van der Waals surface area contributed by atoms with Crippen LogP contribution in [0.1, 0.15) is 31.4 Å². The molecular formula is C16H20N2O2. The van der Waals surface area contributed by atoms with Crippen molar-refractivity contribution in [3.05, 3.63) is 23.9 Å². The average Bonchev–Trinajstić information content (AvgIpc) is 3.30. The van der Waals surface area contributed by atoms with Crippen LogP contribution >= 0.6 is 0 Å². The molecule has 1 aromatic carbocycles. The van der Waals surface area contributed by atoms with Crippen molar-refractivity contribution in [2.24, 2.45) is 0 Å². The van der Waals surface area contributed by atoms with Gasteiger partial charge < -0.3 is 14.8 Å². The maximum atomic E-state index is 5.51. The van der Waals surface area contributed by atoms with Crippen LogP contribution in [0.15, 0.2) is 18.2 Å². The van der Waals surface area contributed by atoms with Gasteiger partial charge in [-0.2, -0.15) is 0 Å². The number of nitrogens with zero attached hydrogens (tertiary/aromatic N) is 1. The summed E-state index contributed by atoms with van der Waals surface area (Å²) in [5.74, 6) is 2.19. The highest BCUT2D eigenvalue weighted by molar-refractivity contribution is 5.97. The molecule has 0 amide bonds. The molecule has 0 bridgehead atoms. The summed E-state index contributed by atoms with van der Waals surface area (Å²) in [6.07, 6.45) is 2.48. The molecule has 0 radical (unpaired) electrons. The van der Waals surface area contributed by atoms with Gasteiger partial charge in [0.2, 0.25) is 0 Å². The monoisotopic (exact) mass is 272 g/mol. The van der Waals surface area contributed by atoms with Gasteiger partial charge in [-0.1, -0.05) is 0 Å². The molecule has 1 saturated carbocycles. The number of ether oxygens (including phenoxy) is 2. The van der Waals surface area contributed by atoms with E-state index >= 15 is 0 Å². The Hall–Kier alpha value is -1.97. The Morgan fingerprint density at radius 1 is 1.20 bits per heavy atom. The molecule has 1 fully saturated rings. The third kappa shape index (κ3) is 2.26. The predicted molar refractivity (Wildman–Crippen MR) is 81.0 cm³/mol. The summed E-state index contributed by atoms with van der Waals surface area (Å²) in [6, 6.07) is 6.05. The van der Waals surface area contributed by atoms with E-state index in [-0.39, 0.29) is 0 Å². The van der Waals surface area contributed by atoms with Crippen LogP contribution in [-0.4, -0.2) is 25.7 Å². The second kappa shape index (κ2) is 5.19. The van der Waals surface area contributed by atoms with Crippen LogP contribution in [0.2, 0.25) is 0 Å². The number of nitrogens with one attached hydrogen (secondary N) is 1. The Morgan fingerprint density at radius 2 is 2.00 bits per heavy atom. The van der Waals surface area contributed by atoms with Gasteiger partial charge >= 0.3 is 0 Å². The molecule has 0 saturated heterocycles. The Kier molecular flexibility index (Phi) is 3.38. The number of aromatic nitrogens is 1. The van der Waals surface area contributed by atoms with Crippen molar-refractivity contribution >= 4 is 16.6 Å². The maximum absolute atomic E-state index is 5.51. The molecule has 0 unspecified atom stereocenters. The summed E-state index contributed by atoms with van der Waals surface area (Å²) in [5.41, 5.74) is 3.20. The molecule has 0 spiro atoms. The van der Waals surface area contributed by atoms with Crippen molar-refractivity contribution < 1.29 is 9.47 Å². The first-order valence-corrected chi connectivity index (χ1v) is 7.07. The second-order valence-electron chi connectivity index (χ2n) is 5.12. The van der Waals surface area contributed by atoms with Gasteiger partial charge in [0.05, 0.1) is 25.1 Å². The van der Waals surface area contributed by atoms with Gasteiger partial charge in [0.1, 0.15) is 11.5 Å². The minimum atomic E-state index is 0.619. The van der Waals surface area contributed by atoms with Crippen molar-refractivity contribution in [3.8, 4) is 11.5 Å². The van der Waals surface area contributed by atoms with E-state index in [1.165, 1.54) is 18.5 Å². The van der Waals surface area contributed by atoms with E-state index in [9.17, 15) is 0 Å². The summed E-state index contributed by atoms with van der Waals surface area (Å²) >= 11 is 0. The third-order valence-electron chi connectivity index (χ3n) is 3.68. The lowest BCUT2D eigenvalue weighted by Gasteiger charge is -2.14. The number of hydrogen-bond donors (Lipinski definition) is 1. The van der Waals surface area contributed by atoms with Crippen LogP contribution in [0.5, 0.6) is 11.5 Å². The first-order chi connectivity index (χ1) is 9.76. The second-order valence-corrected chi connectivity index (χ2v) is 5.12. The molecular weight excluding hydrogens is 252 g/mol. The van der Waals surface area contributed by atoms with Crippen LogP contribution < -0.4 is 14.8 Å². The first-order valence-electron chi connectivity index (χ1n) is 7.07. The zero-order chi connectivity index (χ0) is 14.1. The van der Waals surface area contributed by atoms with E-state index in [0.29, 0.717) is 5.92 Å². The number of rotatable bonds is 5. The fourth-order valence-electron chi connectivity index (χ4n) is 2.52. The number of pyridine rings is 1. The molecule has 20 heavy (non-hydrogen) atoms. The molecule has 1 N–H and O–H groups in total. The van der Waals surface area contributed by atoms with Gasteiger partial charge in [-0.25, -0.2) is 0 Å². The Balaban J connectivity index is 2.25. The Labute approximate surface area is 119 Å². The quantitative estimate of drug-likeness (QED) is 0.903. The summed E-state index contributed by atoms with van der Waals surface area (Å²) in [4.78, 5) is 4.80. The van der Waals surface area contributed by atoms with Gasteiger partial charge in [0.15, 0.2) is 0 Å². The number of anilines is 1. The van der Waals surface area contributed by atoms with E-state index in [1.54, 1.807) is 14.2 Å². The van der Waals surface area contributed by atoms with Gasteiger partial charge in [-0.15, -0.1) is 0 Å². The van der Waals surface area contributed by atoms with E-state index in [4.69, 9.17) is 14.5 Å². The summed E-state index contributed by atoms with van der Waals surface area (Å²) in [5, 5.41) is 4.45. The maximum Gasteiger partial charge on any atom is 0.134 e. The topological polar surface area (TPSA) is 43.4 Å². The summed E-state index contributed by atoms with van der Waals surface area (Å²) < 4.78 is 10.9. The van der Waals surface area contributed by atoms with Crippen molar-refractivity contribution in [1.82, 2.24) is 4.98 Å². The highest BCUT2D eigenvalue weighted by Crippen LogP contribution is 2.43. The Morgan fingerprint density at radius 3 is 2.60 bits per heavy atom. The fraction of sp³-hybridized carbons (Fsp3) is 0.438. The molecule has 106 valence electrons. The minimum absolute atomic E-state index is 0.619. The highest BCUT2D eigenvalue weighted by atomic mass is 16.5. The van der Waals surface area contributed by atoms with E-state index in [1.807, 2.05) is 12.1 Å². The summed E-state index contributed by atoms with van der Waals surface area (Å²) in [6.45, 7) is 2.97. The van der Waals surface area contributed by atoms with Crippen molar-refractivity contribution in [1.29, 1.82) is 0 Å². The number of benzene rings is 1. The van der Waals surface area contributed by atoms with Crippen LogP contribution in [-0.2, 0) is 0 Å². The van der Waals surface area contributed by atoms with Gasteiger partial charge in [0.25, 0.3) is 0 Å². The molecule has 3 rings (SSSR count). The summed E-state index contributed by atoms with van der Waals surface area (Å²) in [7, 11) is 3.34. The van der Waals surface area contributed by atoms with Gasteiger partial charge in [-0.05, 0) is 25.8 Å². The smallest absolute Gasteiger partial charge is 0.134 e. The number of fused-ring (bicyclic) bond motifs is 1. The van der Waals surface area contributed by atoms with Gasteiger partial charge in [0, 0.05) is 36.0 Å². The van der Waals surface area contributed by atoms with E-state index < -0.39 is 0 Å². The molecule has 4 nitrogen and oxygen atoms in total. The Bertz CT molecular complexity index is 636. The molecule has 0 atom stereocenters. The molecule has 1 aliphatic carbocycles. The normalized spacial score (nSPS) is 14.3. The minimum Gasteiger partial charge on any atom is -0.497 e. The predicted octanol–water partition coefficient (Wildman–Crippen LogP) is 3.56. The largest absolute Gasteiger partial charge is 0.497 e. The lowest BCUT2D eigenvalue weighted by atomic mass is 10.1. The average molecular weight is 272 g/mol. The molecule has 1 aromatic heterocycles. The zero-order valence-electron chi connectivity index (χ0n) is 12.2. The highest BCUT2D eigenvalue weighted by Gasteiger charge is 2.26. The van der Waals surface area contributed by atoms with Crippen LogP contribution in [0.25, 0.3) is 10.9 Å². The standard InChI is InChI=1S/C16H20N2O2/c1-4-17-13-9-12(10-5-6-10)18-14-7-11(19-2)8-15(20-3)16(13)14/h7-10H,4-6H2,1-3H3,(H,17,18). The van der Waals surface area contributed by atoms with Crippen LogP contribution in [0, 0.1) is 0 Å². The third-order valence-corrected chi connectivity index (χ3v) is 3.68. The molecule has 1 heterocycles. The van der Waals surface area contributed by atoms with Gasteiger partial charge in [-0.3, -0.25) is 4.98 Å². The number of hydrogen-bond acceptors (Lipinski definition) is 4. The van der Waals surface area contributed by atoms with Crippen LogP contribution in [0.3, 0.4) is 0 Å². The van der Waals surface area contributed by atoms with Crippen molar-refractivity contribution in [2.75, 3.05) is 26.1 Å². The molecule has 1 aliphatic rings. The zero-order valence-corrected chi connectivity index (χ0v) is 12.2. The van der Waals surface area contributed by atoms with E-state index in [0.717, 1.165) is 34.6 Å². The first kappa shape index (κ1) is 13.0. The fourth-order valence-corrected chi connectivity index (χ4v) is 2.52. The van der Waals surface area contributed by atoms with E-state index in [2.05, 4.69) is 18.3 Å². The van der Waals surface area contributed by atoms with Crippen molar-refractivity contribution in [3.63, 3.8) is 0 Å². The van der Waals surface area contributed by atoms with Crippen molar-refractivity contribution in [2.45, 2.75) is 25.7 Å². The SMILES string of the molecule is CCNc1cc(C2CC2)nc2cc(OC)cc(OC)c12. The van der Waals surface area contributed by atoms with Crippen LogP contribution in [0.4, 0.5) is 5.69 Å². The number of methoxy groups -OCH3 is 2. The lowest BCUT2D eigenvalue weighted by Crippen LogP contribution is -2.02. The molecule has 0 aliphatic heterocycles.